The standard InChI is InChI=1S/C29H28N2O5/c1-3-4-12-27-30-23-17-19(26(32)15-16-28(33)34)13-14-25(23)31(27)24-11-7-10-20(18(24)2)21-8-5-6-9-22(21)29(35)36/h5-11,13-14,17H,3-4,12,15-16H2,1-2H3,(H,33,34)(H,35,36). The Morgan fingerprint density at radius 3 is 2.39 bits per heavy atom. The number of ketones is 1. The average Bonchev–Trinajstić information content (AvgIpc) is 3.23. The fraction of sp³-hybridized carbons (Fsp3) is 0.241. The van der Waals surface area contributed by atoms with Gasteiger partial charge in [0.1, 0.15) is 5.82 Å². The molecule has 0 amide bonds. The van der Waals surface area contributed by atoms with Gasteiger partial charge in [-0.1, -0.05) is 43.7 Å². The van der Waals surface area contributed by atoms with Gasteiger partial charge < -0.3 is 10.2 Å². The third kappa shape index (κ3) is 4.91. The lowest BCUT2D eigenvalue weighted by Gasteiger charge is -2.17. The van der Waals surface area contributed by atoms with E-state index in [-0.39, 0.29) is 24.2 Å². The lowest BCUT2D eigenvalue weighted by atomic mass is 9.95. The zero-order valence-electron chi connectivity index (χ0n) is 20.3. The number of benzene rings is 3. The normalized spacial score (nSPS) is 11.1. The van der Waals surface area contributed by atoms with E-state index in [0.717, 1.165) is 47.4 Å². The highest BCUT2D eigenvalue weighted by Crippen LogP contribution is 2.33. The van der Waals surface area contributed by atoms with Gasteiger partial charge in [0.2, 0.25) is 0 Å². The number of hydrogen-bond donors (Lipinski definition) is 2. The molecule has 0 unspecified atom stereocenters. The molecule has 0 spiro atoms. The number of nitrogens with zero attached hydrogens (tertiary/aromatic N) is 2. The number of aromatic nitrogens is 2. The fourth-order valence-corrected chi connectivity index (χ4v) is 4.50. The maximum absolute atomic E-state index is 12.5. The molecule has 0 radical (unpaired) electrons. The van der Waals surface area contributed by atoms with Crippen molar-refractivity contribution in [3.63, 3.8) is 0 Å². The minimum absolute atomic E-state index is 0.0611. The summed E-state index contributed by atoms with van der Waals surface area (Å²) in [6.07, 6.45) is 2.40. The van der Waals surface area contributed by atoms with E-state index < -0.39 is 11.9 Å². The van der Waals surface area contributed by atoms with Crippen LogP contribution >= 0.6 is 0 Å². The number of Topliss-reactive ketones (excluding diaryl/α,β-unsaturated/α-hetero) is 1. The number of aliphatic carboxylic acids is 1. The lowest BCUT2D eigenvalue weighted by molar-refractivity contribution is -0.136. The molecular weight excluding hydrogens is 456 g/mol. The van der Waals surface area contributed by atoms with Crippen LogP contribution in [0.15, 0.2) is 60.7 Å². The van der Waals surface area contributed by atoms with Crippen molar-refractivity contribution in [2.75, 3.05) is 0 Å². The van der Waals surface area contributed by atoms with Crippen molar-refractivity contribution < 1.29 is 24.6 Å². The highest BCUT2D eigenvalue weighted by molar-refractivity contribution is 6.00. The molecule has 3 aromatic carbocycles. The number of aryl methyl sites for hydroxylation is 1. The molecule has 0 aliphatic rings. The van der Waals surface area contributed by atoms with Crippen LogP contribution in [-0.4, -0.2) is 37.5 Å². The Kier molecular flexibility index (Phi) is 7.29. The largest absolute Gasteiger partial charge is 0.481 e. The van der Waals surface area contributed by atoms with E-state index in [1.165, 1.54) is 0 Å². The molecule has 4 aromatic rings. The molecule has 0 atom stereocenters. The molecule has 7 heteroatoms. The minimum Gasteiger partial charge on any atom is -0.481 e. The maximum atomic E-state index is 12.5. The molecule has 184 valence electrons. The van der Waals surface area contributed by atoms with E-state index in [9.17, 15) is 19.5 Å². The molecule has 0 bridgehead atoms. The minimum atomic E-state index is -1.00. The Balaban J connectivity index is 1.86. The summed E-state index contributed by atoms with van der Waals surface area (Å²) < 4.78 is 2.08. The van der Waals surface area contributed by atoms with Gasteiger partial charge in [-0.3, -0.25) is 14.2 Å². The summed E-state index contributed by atoms with van der Waals surface area (Å²) in [7, 11) is 0. The molecule has 4 rings (SSSR count). The molecule has 0 aliphatic heterocycles. The van der Waals surface area contributed by atoms with Crippen LogP contribution in [0.5, 0.6) is 0 Å². The van der Waals surface area contributed by atoms with E-state index in [1.54, 1.807) is 24.3 Å². The van der Waals surface area contributed by atoms with Crippen LogP contribution in [0.25, 0.3) is 27.8 Å². The van der Waals surface area contributed by atoms with Crippen molar-refractivity contribution >= 4 is 28.8 Å². The second-order valence-corrected chi connectivity index (χ2v) is 8.79. The number of hydrogen-bond acceptors (Lipinski definition) is 4. The zero-order valence-corrected chi connectivity index (χ0v) is 20.3. The Labute approximate surface area is 209 Å². The van der Waals surface area contributed by atoms with Crippen LogP contribution in [0.1, 0.15) is 64.7 Å². The van der Waals surface area contributed by atoms with Gasteiger partial charge in [-0.2, -0.15) is 0 Å². The van der Waals surface area contributed by atoms with Gasteiger partial charge in [-0.25, -0.2) is 9.78 Å². The Morgan fingerprint density at radius 2 is 1.67 bits per heavy atom. The van der Waals surface area contributed by atoms with Crippen molar-refractivity contribution in [2.24, 2.45) is 0 Å². The molecule has 0 fully saturated rings. The number of rotatable bonds is 10. The van der Waals surface area contributed by atoms with E-state index >= 15 is 0 Å². The van der Waals surface area contributed by atoms with Crippen molar-refractivity contribution in [1.82, 2.24) is 9.55 Å². The summed E-state index contributed by atoms with van der Waals surface area (Å²) in [6.45, 7) is 4.09. The van der Waals surface area contributed by atoms with E-state index in [2.05, 4.69) is 11.5 Å². The Morgan fingerprint density at radius 1 is 0.917 bits per heavy atom. The lowest BCUT2D eigenvalue weighted by Crippen LogP contribution is -2.06. The molecule has 36 heavy (non-hydrogen) atoms. The molecule has 1 aromatic heterocycles. The van der Waals surface area contributed by atoms with Gasteiger partial charge in [-0.05, 0) is 60.4 Å². The third-order valence-corrected chi connectivity index (χ3v) is 6.36. The third-order valence-electron chi connectivity index (χ3n) is 6.36. The van der Waals surface area contributed by atoms with Crippen molar-refractivity contribution in [1.29, 1.82) is 0 Å². The van der Waals surface area contributed by atoms with Crippen LogP contribution in [0, 0.1) is 6.92 Å². The topological polar surface area (TPSA) is 109 Å². The monoisotopic (exact) mass is 484 g/mol. The number of aromatic carboxylic acids is 1. The van der Waals surface area contributed by atoms with Gasteiger partial charge in [0.25, 0.3) is 0 Å². The van der Waals surface area contributed by atoms with Gasteiger partial charge >= 0.3 is 11.9 Å². The SMILES string of the molecule is CCCCc1nc2cc(C(=O)CCC(=O)O)ccc2n1-c1cccc(-c2ccccc2C(=O)O)c1C. The van der Waals surface area contributed by atoms with Crippen LogP contribution < -0.4 is 0 Å². The fourth-order valence-electron chi connectivity index (χ4n) is 4.50. The highest BCUT2D eigenvalue weighted by Gasteiger charge is 2.19. The summed E-state index contributed by atoms with van der Waals surface area (Å²) in [4.78, 5) is 40.1. The first-order valence-electron chi connectivity index (χ1n) is 12.0. The quantitative estimate of drug-likeness (QED) is 0.264. The van der Waals surface area contributed by atoms with Crippen molar-refractivity contribution in [3.05, 3.63) is 83.2 Å². The van der Waals surface area contributed by atoms with Crippen LogP contribution in [0.2, 0.25) is 0 Å². The van der Waals surface area contributed by atoms with Crippen LogP contribution in [0.3, 0.4) is 0 Å². The highest BCUT2D eigenvalue weighted by atomic mass is 16.4. The number of fused-ring (bicyclic) bond motifs is 1. The summed E-state index contributed by atoms with van der Waals surface area (Å²) in [5.41, 5.74) is 5.47. The van der Waals surface area contributed by atoms with Crippen molar-refractivity contribution in [2.45, 2.75) is 46.0 Å². The maximum Gasteiger partial charge on any atom is 0.336 e. The molecule has 0 aliphatic carbocycles. The predicted molar refractivity (Wildman–Crippen MR) is 138 cm³/mol. The molecule has 7 nitrogen and oxygen atoms in total. The van der Waals surface area contributed by atoms with E-state index in [4.69, 9.17) is 10.1 Å². The molecule has 0 saturated carbocycles. The number of carbonyl (C=O) groups is 3. The molecule has 1 heterocycles. The first-order chi connectivity index (χ1) is 17.3. The number of carboxylic acid groups (broad SMARTS) is 2. The van der Waals surface area contributed by atoms with E-state index in [0.29, 0.717) is 16.6 Å². The summed E-state index contributed by atoms with van der Waals surface area (Å²) >= 11 is 0. The summed E-state index contributed by atoms with van der Waals surface area (Å²) in [5, 5.41) is 18.6. The Bertz CT molecular complexity index is 1470. The van der Waals surface area contributed by atoms with E-state index in [1.807, 2.05) is 43.3 Å². The number of unbranched alkanes of at least 4 members (excludes halogenated alkanes) is 1. The molecular formula is C29H28N2O5. The van der Waals surface area contributed by atoms with Crippen LogP contribution in [0.4, 0.5) is 0 Å². The first-order valence-corrected chi connectivity index (χ1v) is 12.0. The summed E-state index contributed by atoms with van der Waals surface area (Å²) in [5.74, 6) is -1.36. The number of imidazole rings is 1. The zero-order chi connectivity index (χ0) is 25.8. The Hall–Kier alpha value is -4.26. The van der Waals surface area contributed by atoms with Gasteiger partial charge in [-0.15, -0.1) is 0 Å². The van der Waals surface area contributed by atoms with Gasteiger partial charge in [0.05, 0.1) is 28.7 Å². The second kappa shape index (κ2) is 10.6. The van der Waals surface area contributed by atoms with Crippen molar-refractivity contribution in [3.8, 4) is 16.8 Å². The van der Waals surface area contributed by atoms with Gasteiger partial charge in [0.15, 0.2) is 5.78 Å². The second-order valence-electron chi connectivity index (χ2n) is 8.79. The first kappa shape index (κ1) is 24.9. The molecule has 0 saturated heterocycles. The van der Waals surface area contributed by atoms with Gasteiger partial charge in [0, 0.05) is 18.4 Å². The number of carbonyl (C=O) groups excluding carboxylic acids is 1. The smallest absolute Gasteiger partial charge is 0.336 e. The number of carboxylic acids is 2. The molecule has 2 N–H and O–H groups in total. The van der Waals surface area contributed by atoms with Crippen LogP contribution in [-0.2, 0) is 11.2 Å². The average molecular weight is 485 g/mol. The summed E-state index contributed by atoms with van der Waals surface area (Å²) in [6, 6.07) is 18.1. The predicted octanol–water partition coefficient (Wildman–Crippen LogP) is 6.09.